The SMILES string of the molecule is CCc1ccc(COc2c(C#N)oc3ccccc23)s1. The summed E-state index contributed by atoms with van der Waals surface area (Å²) in [4.78, 5) is 2.48. The van der Waals surface area contributed by atoms with Crippen molar-refractivity contribution < 1.29 is 9.15 Å². The Morgan fingerprint density at radius 1 is 1.20 bits per heavy atom. The van der Waals surface area contributed by atoms with Gasteiger partial charge in [0.05, 0.1) is 5.39 Å². The molecule has 3 aromatic rings. The van der Waals surface area contributed by atoms with Gasteiger partial charge in [-0.15, -0.1) is 11.3 Å². The second-order valence-electron chi connectivity index (χ2n) is 4.38. The zero-order valence-electron chi connectivity index (χ0n) is 11.1. The van der Waals surface area contributed by atoms with Gasteiger partial charge in [0.2, 0.25) is 5.76 Å². The highest BCUT2D eigenvalue weighted by Gasteiger charge is 2.15. The van der Waals surface area contributed by atoms with Crippen LogP contribution in [0, 0.1) is 11.3 Å². The van der Waals surface area contributed by atoms with Crippen molar-refractivity contribution in [3.63, 3.8) is 0 Å². The molecule has 3 nitrogen and oxygen atoms in total. The Kier molecular flexibility index (Phi) is 3.44. The molecular formula is C16H13NO2S. The summed E-state index contributed by atoms with van der Waals surface area (Å²) in [6.07, 6.45) is 1.03. The molecule has 2 aromatic heterocycles. The summed E-state index contributed by atoms with van der Waals surface area (Å²) >= 11 is 1.74. The number of aryl methyl sites for hydroxylation is 1. The van der Waals surface area contributed by atoms with Gasteiger partial charge in [-0.25, -0.2) is 0 Å². The maximum atomic E-state index is 9.14. The van der Waals surface area contributed by atoms with Gasteiger partial charge < -0.3 is 9.15 Å². The molecule has 4 heteroatoms. The van der Waals surface area contributed by atoms with Crippen LogP contribution in [0.2, 0.25) is 0 Å². The van der Waals surface area contributed by atoms with E-state index in [9.17, 15) is 0 Å². The van der Waals surface area contributed by atoms with Crippen molar-refractivity contribution in [2.45, 2.75) is 20.0 Å². The number of nitrogens with zero attached hydrogens (tertiary/aromatic N) is 1. The highest BCUT2D eigenvalue weighted by Crippen LogP contribution is 2.33. The Bertz CT molecular complexity index is 779. The van der Waals surface area contributed by atoms with Crippen LogP contribution in [0.5, 0.6) is 5.75 Å². The number of para-hydroxylation sites is 1. The number of hydrogen-bond acceptors (Lipinski definition) is 4. The van der Waals surface area contributed by atoms with Crippen molar-refractivity contribution in [3.8, 4) is 11.8 Å². The molecule has 0 N–H and O–H groups in total. The van der Waals surface area contributed by atoms with Gasteiger partial charge in [-0.1, -0.05) is 19.1 Å². The Hall–Kier alpha value is -2.25. The van der Waals surface area contributed by atoms with Gasteiger partial charge in [-0.2, -0.15) is 5.26 Å². The van der Waals surface area contributed by atoms with E-state index < -0.39 is 0 Å². The van der Waals surface area contributed by atoms with E-state index in [4.69, 9.17) is 14.4 Å². The van der Waals surface area contributed by atoms with Crippen LogP contribution in [0.3, 0.4) is 0 Å². The van der Waals surface area contributed by atoms with Gasteiger partial charge in [-0.3, -0.25) is 0 Å². The molecule has 0 saturated carbocycles. The average molecular weight is 283 g/mol. The minimum Gasteiger partial charge on any atom is -0.483 e. The van der Waals surface area contributed by atoms with Crippen LogP contribution in [0.1, 0.15) is 22.4 Å². The van der Waals surface area contributed by atoms with Gasteiger partial charge in [0.1, 0.15) is 18.3 Å². The molecule has 0 aliphatic heterocycles. The number of furan rings is 1. The van der Waals surface area contributed by atoms with Crippen molar-refractivity contribution in [1.82, 2.24) is 0 Å². The molecule has 0 fully saturated rings. The predicted octanol–water partition coefficient (Wildman–Crippen LogP) is 4.51. The number of benzene rings is 1. The van der Waals surface area contributed by atoms with Crippen molar-refractivity contribution in [2.75, 3.05) is 0 Å². The number of nitriles is 1. The lowest BCUT2D eigenvalue weighted by Gasteiger charge is -2.02. The minimum atomic E-state index is 0.235. The Morgan fingerprint density at radius 2 is 2.00 bits per heavy atom. The maximum absolute atomic E-state index is 9.14. The zero-order chi connectivity index (χ0) is 13.9. The average Bonchev–Trinajstić information content (AvgIpc) is 3.08. The van der Waals surface area contributed by atoms with E-state index in [-0.39, 0.29) is 5.76 Å². The number of hydrogen-bond donors (Lipinski definition) is 0. The summed E-state index contributed by atoms with van der Waals surface area (Å²) in [5.74, 6) is 0.771. The van der Waals surface area contributed by atoms with Gasteiger partial charge in [0, 0.05) is 9.75 Å². The molecule has 2 heterocycles. The largest absolute Gasteiger partial charge is 0.483 e. The topological polar surface area (TPSA) is 46.2 Å². The third-order valence-corrected chi connectivity index (χ3v) is 4.28. The fourth-order valence-corrected chi connectivity index (χ4v) is 2.94. The summed E-state index contributed by atoms with van der Waals surface area (Å²) in [6.45, 7) is 2.59. The summed E-state index contributed by atoms with van der Waals surface area (Å²) in [5, 5.41) is 9.98. The molecule has 0 unspecified atom stereocenters. The van der Waals surface area contributed by atoms with Gasteiger partial charge in [0.15, 0.2) is 5.75 Å². The zero-order valence-corrected chi connectivity index (χ0v) is 11.9. The van der Waals surface area contributed by atoms with E-state index in [1.807, 2.05) is 30.3 Å². The first-order valence-electron chi connectivity index (χ1n) is 6.44. The fraction of sp³-hybridized carbons (Fsp3) is 0.188. The molecule has 0 aliphatic carbocycles. The monoisotopic (exact) mass is 283 g/mol. The third kappa shape index (κ3) is 2.28. The Labute approximate surface area is 121 Å². The highest BCUT2D eigenvalue weighted by molar-refractivity contribution is 7.11. The minimum absolute atomic E-state index is 0.235. The molecule has 0 spiro atoms. The van der Waals surface area contributed by atoms with E-state index in [0.29, 0.717) is 17.9 Å². The molecule has 0 atom stereocenters. The van der Waals surface area contributed by atoms with Crippen LogP contribution in [0.4, 0.5) is 0 Å². The molecule has 0 radical (unpaired) electrons. The maximum Gasteiger partial charge on any atom is 0.246 e. The van der Waals surface area contributed by atoms with Gasteiger partial charge in [0.25, 0.3) is 0 Å². The highest BCUT2D eigenvalue weighted by atomic mass is 32.1. The smallest absolute Gasteiger partial charge is 0.246 e. The lowest BCUT2D eigenvalue weighted by atomic mass is 10.2. The molecule has 1 aromatic carbocycles. The van der Waals surface area contributed by atoms with E-state index in [1.165, 1.54) is 4.88 Å². The van der Waals surface area contributed by atoms with Crippen LogP contribution in [-0.4, -0.2) is 0 Å². The predicted molar refractivity (Wildman–Crippen MR) is 79.0 cm³/mol. The normalized spacial score (nSPS) is 10.6. The lowest BCUT2D eigenvalue weighted by Crippen LogP contribution is -1.93. The van der Waals surface area contributed by atoms with E-state index in [0.717, 1.165) is 16.7 Å². The quantitative estimate of drug-likeness (QED) is 0.707. The van der Waals surface area contributed by atoms with E-state index in [2.05, 4.69) is 19.1 Å². The van der Waals surface area contributed by atoms with E-state index >= 15 is 0 Å². The molecule has 0 aliphatic rings. The molecule has 0 saturated heterocycles. The van der Waals surface area contributed by atoms with Crippen LogP contribution in [0.15, 0.2) is 40.8 Å². The number of fused-ring (bicyclic) bond motifs is 1. The second kappa shape index (κ2) is 5.40. The summed E-state index contributed by atoms with van der Waals surface area (Å²) < 4.78 is 11.3. The lowest BCUT2D eigenvalue weighted by molar-refractivity contribution is 0.307. The van der Waals surface area contributed by atoms with Crippen LogP contribution in [0.25, 0.3) is 11.0 Å². The van der Waals surface area contributed by atoms with Crippen LogP contribution >= 0.6 is 11.3 Å². The number of thiophene rings is 1. The van der Waals surface area contributed by atoms with Crippen molar-refractivity contribution >= 4 is 22.3 Å². The van der Waals surface area contributed by atoms with Crippen LogP contribution in [-0.2, 0) is 13.0 Å². The van der Waals surface area contributed by atoms with Gasteiger partial charge >= 0.3 is 0 Å². The van der Waals surface area contributed by atoms with Crippen molar-refractivity contribution in [2.24, 2.45) is 0 Å². The fourth-order valence-electron chi connectivity index (χ4n) is 2.07. The Balaban J connectivity index is 1.88. The molecule has 100 valence electrons. The van der Waals surface area contributed by atoms with Gasteiger partial charge in [-0.05, 0) is 30.7 Å². The summed E-state index contributed by atoms with van der Waals surface area (Å²) in [6, 6.07) is 13.8. The first kappa shape index (κ1) is 12.8. The van der Waals surface area contributed by atoms with Crippen molar-refractivity contribution in [3.05, 3.63) is 51.9 Å². The Morgan fingerprint density at radius 3 is 2.75 bits per heavy atom. The summed E-state index contributed by atoms with van der Waals surface area (Å²) in [5.41, 5.74) is 0.680. The van der Waals surface area contributed by atoms with Crippen LogP contribution < -0.4 is 4.74 Å². The number of rotatable bonds is 4. The first-order valence-corrected chi connectivity index (χ1v) is 7.25. The molecule has 0 bridgehead atoms. The molecule has 20 heavy (non-hydrogen) atoms. The molecular weight excluding hydrogens is 270 g/mol. The molecule has 3 rings (SSSR count). The number of ether oxygens (including phenoxy) is 1. The second-order valence-corrected chi connectivity index (χ2v) is 5.63. The van der Waals surface area contributed by atoms with Crippen molar-refractivity contribution in [1.29, 1.82) is 5.26 Å². The first-order chi connectivity index (χ1) is 9.81. The standard InChI is InChI=1S/C16H13NO2S/c1-2-11-7-8-12(20-11)10-18-16-13-5-3-4-6-14(13)19-15(16)9-17/h3-8H,2,10H2,1H3. The van der Waals surface area contributed by atoms with E-state index in [1.54, 1.807) is 11.3 Å². The third-order valence-electron chi connectivity index (χ3n) is 3.08. The molecule has 0 amide bonds. The summed E-state index contributed by atoms with van der Waals surface area (Å²) in [7, 11) is 0.